The molecule has 1 fully saturated rings. The molecule has 1 heterocycles. The van der Waals surface area contributed by atoms with Gasteiger partial charge in [-0.15, -0.1) is 5.10 Å². The number of hydrogen-bond acceptors (Lipinski definition) is 6. The molecule has 0 bridgehead atoms. The Kier molecular flexibility index (Phi) is 5.26. The highest BCUT2D eigenvalue weighted by molar-refractivity contribution is 5.88. The van der Waals surface area contributed by atoms with E-state index in [-0.39, 0.29) is 30.7 Å². The first-order valence-corrected chi connectivity index (χ1v) is 7.03. The Morgan fingerprint density at radius 2 is 2.19 bits per heavy atom. The number of esters is 1. The molecule has 0 aliphatic heterocycles. The lowest BCUT2D eigenvalue weighted by atomic mass is 10.2. The van der Waals surface area contributed by atoms with Crippen LogP contribution in [0.4, 0.5) is 0 Å². The van der Waals surface area contributed by atoms with E-state index in [1.807, 2.05) is 0 Å². The van der Waals surface area contributed by atoms with Crippen LogP contribution >= 0.6 is 0 Å². The number of rotatable bonds is 8. The third-order valence-corrected chi connectivity index (χ3v) is 3.13. The molecule has 0 saturated heterocycles. The van der Waals surface area contributed by atoms with Crippen LogP contribution in [0, 0.1) is 0 Å². The van der Waals surface area contributed by atoms with Crippen molar-refractivity contribution in [2.75, 3.05) is 26.9 Å². The van der Waals surface area contributed by atoms with Gasteiger partial charge in [-0.25, -0.2) is 9.48 Å². The van der Waals surface area contributed by atoms with Crippen molar-refractivity contribution in [1.29, 1.82) is 0 Å². The highest BCUT2D eigenvalue weighted by Gasteiger charge is 2.34. The first-order valence-electron chi connectivity index (χ1n) is 7.03. The summed E-state index contributed by atoms with van der Waals surface area (Å²) in [6.07, 6.45) is 1.95. The minimum absolute atomic E-state index is 0.0436. The first-order chi connectivity index (χ1) is 10.2. The molecule has 8 nitrogen and oxygen atoms in total. The lowest BCUT2D eigenvalue weighted by Crippen LogP contribution is -2.31. The maximum Gasteiger partial charge on any atom is 0.360 e. The molecule has 0 unspecified atom stereocenters. The Balaban J connectivity index is 2.05. The summed E-state index contributed by atoms with van der Waals surface area (Å²) in [5.74, 6) is -0.425. The second-order valence-corrected chi connectivity index (χ2v) is 4.82. The second-order valence-electron chi connectivity index (χ2n) is 4.82. The largest absolute Gasteiger partial charge is 0.461 e. The molecular formula is C13H20N4O4. The van der Waals surface area contributed by atoms with Gasteiger partial charge in [0.15, 0.2) is 5.69 Å². The molecule has 0 radical (unpaired) electrons. The van der Waals surface area contributed by atoms with Crippen LogP contribution in [0.2, 0.25) is 0 Å². The zero-order valence-electron chi connectivity index (χ0n) is 12.3. The van der Waals surface area contributed by atoms with Gasteiger partial charge in [-0.3, -0.25) is 4.79 Å². The molecule has 1 saturated carbocycles. The Morgan fingerprint density at radius 1 is 1.43 bits per heavy atom. The first kappa shape index (κ1) is 15.4. The van der Waals surface area contributed by atoms with Crippen molar-refractivity contribution in [2.45, 2.75) is 32.2 Å². The van der Waals surface area contributed by atoms with Crippen LogP contribution in [-0.4, -0.2) is 53.7 Å². The van der Waals surface area contributed by atoms with Gasteiger partial charge in [0, 0.05) is 19.6 Å². The van der Waals surface area contributed by atoms with Crippen molar-refractivity contribution in [1.82, 2.24) is 20.3 Å². The average Bonchev–Trinajstić information content (AvgIpc) is 3.21. The molecule has 116 valence electrons. The van der Waals surface area contributed by atoms with E-state index in [1.54, 1.807) is 14.0 Å². The monoisotopic (exact) mass is 296 g/mol. The Morgan fingerprint density at radius 3 is 2.81 bits per heavy atom. The number of carbonyl (C=O) groups is 2. The molecule has 0 spiro atoms. The molecular weight excluding hydrogens is 276 g/mol. The van der Waals surface area contributed by atoms with Crippen LogP contribution < -0.4 is 5.32 Å². The molecule has 2 rings (SSSR count). The van der Waals surface area contributed by atoms with Crippen molar-refractivity contribution in [3.05, 3.63) is 11.4 Å². The van der Waals surface area contributed by atoms with Crippen molar-refractivity contribution in [2.24, 2.45) is 0 Å². The van der Waals surface area contributed by atoms with E-state index in [0.29, 0.717) is 18.8 Å². The van der Waals surface area contributed by atoms with Gasteiger partial charge in [-0.2, -0.15) is 0 Å². The number of ether oxygens (including phenoxy) is 2. The highest BCUT2D eigenvalue weighted by Crippen LogP contribution is 2.41. The van der Waals surface area contributed by atoms with Gasteiger partial charge >= 0.3 is 5.97 Å². The van der Waals surface area contributed by atoms with Gasteiger partial charge in [-0.1, -0.05) is 5.21 Å². The van der Waals surface area contributed by atoms with Crippen LogP contribution in [0.25, 0.3) is 0 Å². The Hall–Kier alpha value is -1.96. The number of nitrogens with one attached hydrogen (secondary N) is 1. The molecule has 1 N–H and O–H groups in total. The maximum absolute atomic E-state index is 11.9. The topological polar surface area (TPSA) is 95.3 Å². The van der Waals surface area contributed by atoms with Crippen molar-refractivity contribution in [3.8, 4) is 0 Å². The smallest absolute Gasteiger partial charge is 0.360 e. The fourth-order valence-corrected chi connectivity index (χ4v) is 2.03. The SMILES string of the molecule is CCOC(=O)c1nnn(CC(=O)NCCOC)c1C1CC1. The predicted molar refractivity (Wildman–Crippen MR) is 72.8 cm³/mol. The molecule has 1 amide bonds. The number of methoxy groups -OCH3 is 1. The molecule has 0 aromatic carbocycles. The zero-order valence-corrected chi connectivity index (χ0v) is 12.3. The van der Waals surface area contributed by atoms with Gasteiger partial charge in [-0.05, 0) is 19.8 Å². The molecule has 8 heteroatoms. The third kappa shape index (κ3) is 4.01. The highest BCUT2D eigenvalue weighted by atomic mass is 16.5. The summed E-state index contributed by atoms with van der Waals surface area (Å²) in [6.45, 7) is 2.96. The molecule has 1 aliphatic carbocycles. The van der Waals surface area contributed by atoms with Gasteiger partial charge in [0.2, 0.25) is 5.91 Å². The number of nitrogens with zero attached hydrogens (tertiary/aromatic N) is 3. The summed E-state index contributed by atoms with van der Waals surface area (Å²) >= 11 is 0. The second kappa shape index (κ2) is 7.16. The standard InChI is InChI=1S/C13H20N4O4/c1-3-21-13(19)11-12(9-4-5-9)17(16-15-11)8-10(18)14-6-7-20-2/h9H,3-8H2,1-2H3,(H,14,18). The van der Waals surface area contributed by atoms with Crippen molar-refractivity contribution in [3.63, 3.8) is 0 Å². The summed E-state index contributed by atoms with van der Waals surface area (Å²) in [6, 6.07) is 0. The average molecular weight is 296 g/mol. The number of amides is 1. The number of carbonyl (C=O) groups excluding carboxylic acids is 2. The van der Waals surface area contributed by atoms with Crippen LogP contribution in [0.3, 0.4) is 0 Å². The number of hydrogen-bond donors (Lipinski definition) is 1. The fourth-order valence-electron chi connectivity index (χ4n) is 2.03. The van der Waals surface area contributed by atoms with Crippen LogP contribution in [0.15, 0.2) is 0 Å². The van der Waals surface area contributed by atoms with E-state index >= 15 is 0 Å². The van der Waals surface area contributed by atoms with Gasteiger partial charge in [0.1, 0.15) is 6.54 Å². The molecule has 0 atom stereocenters. The van der Waals surface area contributed by atoms with Crippen molar-refractivity contribution >= 4 is 11.9 Å². The third-order valence-electron chi connectivity index (χ3n) is 3.13. The van der Waals surface area contributed by atoms with Gasteiger partial charge in [0.05, 0.1) is 18.9 Å². The van der Waals surface area contributed by atoms with Crippen LogP contribution in [0.1, 0.15) is 41.9 Å². The van der Waals surface area contributed by atoms with Crippen molar-refractivity contribution < 1.29 is 19.1 Å². The van der Waals surface area contributed by atoms with E-state index in [2.05, 4.69) is 15.6 Å². The summed E-state index contributed by atoms with van der Waals surface area (Å²) in [5, 5.41) is 10.5. The lowest BCUT2D eigenvalue weighted by Gasteiger charge is -2.07. The Labute approximate surface area is 122 Å². The molecule has 1 aromatic heterocycles. The fraction of sp³-hybridized carbons (Fsp3) is 0.692. The normalized spacial score (nSPS) is 14.0. The maximum atomic E-state index is 11.9. The summed E-state index contributed by atoms with van der Waals surface area (Å²) in [5.41, 5.74) is 0.930. The lowest BCUT2D eigenvalue weighted by molar-refractivity contribution is -0.122. The van der Waals surface area contributed by atoms with Gasteiger partial charge < -0.3 is 14.8 Å². The number of aromatic nitrogens is 3. The van der Waals surface area contributed by atoms with E-state index in [1.165, 1.54) is 4.68 Å². The Bertz CT molecular complexity index is 510. The van der Waals surface area contributed by atoms with E-state index < -0.39 is 5.97 Å². The predicted octanol–water partition coefficient (Wildman–Crippen LogP) is 0.0948. The summed E-state index contributed by atoms with van der Waals surface area (Å²) < 4.78 is 11.3. The molecule has 1 aliphatic rings. The molecule has 21 heavy (non-hydrogen) atoms. The summed E-state index contributed by atoms with van der Waals surface area (Å²) in [7, 11) is 1.57. The van der Waals surface area contributed by atoms with Gasteiger partial charge in [0.25, 0.3) is 0 Å². The van der Waals surface area contributed by atoms with E-state index in [9.17, 15) is 9.59 Å². The minimum Gasteiger partial charge on any atom is -0.461 e. The quantitative estimate of drug-likeness (QED) is 0.540. The molecule has 1 aromatic rings. The van der Waals surface area contributed by atoms with Crippen LogP contribution in [-0.2, 0) is 20.8 Å². The summed E-state index contributed by atoms with van der Waals surface area (Å²) in [4.78, 5) is 23.7. The van der Waals surface area contributed by atoms with E-state index in [0.717, 1.165) is 12.8 Å². The minimum atomic E-state index is -0.481. The van der Waals surface area contributed by atoms with E-state index in [4.69, 9.17) is 9.47 Å². The van der Waals surface area contributed by atoms with Crippen LogP contribution in [0.5, 0.6) is 0 Å². The zero-order chi connectivity index (χ0) is 15.2.